The molecule has 2 saturated heterocycles. The molecule has 1 unspecified atom stereocenters. The van der Waals surface area contributed by atoms with Crippen LogP contribution in [0.4, 0.5) is 4.39 Å². The molecule has 3 atom stereocenters. The van der Waals surface area contributed by atoms with E-state index in [-0.39, 0.29) is 5.95 Å². The summed E-state index contributed by atoms with van der Waals surface area (Å²) in [5, 5.41) is 3.62. The van der Waals surface area contributed by atoms with Crippen molar-refractivity contribution in [1.29, 1.82) is 0 Å². The molecule has 2 nitrogen and oxygen atoms in total. The van der Waals surface area contributed by atoms with Crippen LogP contribution in [0.1, 0.15) is 42.7 Å². The molecule has 3 heterocycles. The highest BCUT2D eigenvalue weighted by atomic mass is 19.1. The van der Waals surface area contributed by atoms with E-state index in [1.54, 1.807) is 13.1 Å². The van der Waals surface area contributed by atoms with Crippen LogP contribution in [0.25, 0.3) is 0 Å². The first kappa shape index (κ1) is 10.2. The van der Waals surface area contributed by atoms with Gasteiger partial charge in [0.05, 0.1) is 0 Å². The molecule has 1 aromatic heterocycles. The van der Waals surface area contributed by atoms with Gasteiger partial charge in [0.1, 0.15) is 0 Å². The molecule has 2 aliphatic heterocycles. The van der Waals surface area contributed by atoms with Crippen molar-refractivity contribution in [1.82, 2.24) is 10.3 Å². The summed E-state index contributed by atoms with van der Waals surface area (Å²) in [6, 6.07) is 3.32. The molecule has 2 aliphatic rings. The summed E-state index contributed by atoms with van der Waals surface area (Å²) in [7, 11) is 0. The quantitative estimate of drug-likeness (QED) is 0.736. The predicted octanol–water partition coefficient (Wildman–Crippen LogP) is 2.53. The minimum absolute atomic E-state index is 0.333. The summed E-state index contributed by atoms with van der Waals surface area (Å²) in [5.74, 6) is 0.242. The number of aromatic nitrogens is 1. The van der Waals surface area contributed by atoms with Crippen LogP contribution in [0.15, 0.2) is 12.3 Å². The van der Waals surface area contributed by atoms with E-state index in [9.17, 15) is 4.39 Å². The first-order chi connectivity index (χ1) is 7.72. The Hall–Kier alpha value is -0.960. The van der Waals surface area contributed by atoms with Gasteiger partial charge in [-0.2, -0.15) is 4.39 Å². The second-order valence-corrected chi connectivity index (χ2v) is 5.18. The Morgan fingerprint density at radius 1 is 1.31 bits per heavy atom. The lowest BCUT2D eigenvalue weighted by Gasteiger charge is -2.29. The Balaban J connectivity index is 1.84. The zero-order chi connectivity index (χ0) is 11.1. The molecule has 3 heteroatoms. The third kappa shape index (κ3) is 1.73. The molecular weight excluding hydrogens is 203 g/mol. The highest BCUT2D eigenvalue weighted by Crippen LogP contribution is 2.37. The summed E-state index contributed by atoms with van der Waals surface area (Å²) in [5.41, 5.74) is 1.89. The molecular formula is C13H17FN2. The number of aryl methyl sites for hydroxylation is 1. The van der Waals surface area contributed by atoms with Gasteiger partial charge in [0, 0.05) is 23.8 Å². The minimum atomic E-state index is -0.333. The van der Waals surface area contributed by atoms with E-state index >= 15 is 0 Å². The van der Waals surface area contributed by atoms with Gasteiger partial charge in [0.2, 0.25) is 5.95 Å². The minimum Gasteiger partial charge on any atom is -0.311 e. The number of fused-ring (bicyclic) bond motifs is 2. The lowest BCUT2D eigenvalue weighted by atomic mass is 9.87. The summed E-state index contributed by atoms with van der Waals surface area (Å²) < 4.78 is 13.1. The van der Waals surface area contributed by atoms with Gasteiger partial charge in [-0.05, 0) is 50.2 Å². The molecule has 86 valence electrons. The van der Waals surface area contributed by atoms with Crippen molar-refractivity contribution < 1.29 is 4.39 Å². The second kappa shape index (κ2) is 3.81. The lowest BCUT2D eigenvalue weighted by Crippen LogP contribution is -2.37. The molecule has 0 saturated carbocycles. The average Bonchev–Trinajstić information content (AvgIpc) is 2.62. The second-order valence-electron chi connectivity index (χ2n) is 5.18. The molecule has 2 fully saturated rings. The number of nitrogens with one attached hydrogen (secondary N) is 1. The van der Waals surface area contributed by atoms with Crippen LogP contribution in [0.2, 0.25) is 0 Å². The predicted molar refractivity (Wildman–Crippen MR) is 60.9 cm³/mol. The number of hydrogen-bond donors (Lipinski definition) is 1. The summed E-state index contributed by atoms with van der Waals surface area (Å²) >= 11 is 0. The summed E-state index contributed by atoms with van der Waals surface area (Å²) in [6.45, 7) is 1.79. The molecule has 0 aliphatic carbocycles. The number of piperidine rings is 1. The zero-order valence-corrected chi connectivity index (χ0v) is 9.54. The topological polar surface area (TPSA) is 24.9 Å². The summed E-state index contributed by atoms with van der Waals surface area (Å²) in [4.78, 5) is 3.84. The maximum absolute atomic E-state index is 13.1. The molecule has 1 aromatic rings. The molecule has 0 spiro atoms. The van der Waals surface area contributed by atoms with Crippen LogP contribution in [-0.4, -0.2) is 17.1 Å². The average molecular weight is 220 g/mol. The molecule has 0 aromatic carbocycles. The van der Waals surface area contributed by atoms with Gasteiger partial charge in [-0.1, -0.05) is 0 Å². The van der Waals surface area contributed by atoms with Crippen molar-refractivity contribution in [3.05, 3.63) is 29.3 Å². The van der Waals surface area contributed by atoms with E-state index in [2.05, 4.69) is 10.3 Å². The molecule has 16 heavy (non-hydrogen) atoms. The zero-order valence-electron chi connectivity index (χ0n) is 9.54. The number of pyridine rings is 1. The van der Waals surface area contributed by atoms with Crippen LogP contribution >= 0.6 is 0 Å². The maximum atomic E-state index is 13.1. The van der Waals surface area contributed by atoms with Gasteiger partial charge in [-0.15, -0.1) is 0 Å². The van der Waals surface area contributed by atoms with E-state index < -0.39 is 0 Å². The molecule has 0 amide bonds. The summed E-state index contributed by atoms with van der Waals surface area (Å²) in [6.07, 6.45) is 6.69. The van der Waals surface area contributed by atoms with E-state index in [1.807, 2.05) is 6.07 Å². The van der Waals surface area contributed by atoms with Crippen LogP contribution in [-0.2, 0) is 0 Å². The Morgan fingerprint density at radius 2 is 2.00 bits per heavy atom. The Kier molecular flexibility index (Phi) is 2.43. The van der Waals surface area contributed by atoms with Crippen molar-refractivity contribution in [2.45, 2.75) is 50.6 Å². The highest BCUT2D eigenvalue weighted by Gasteiger charge is 2.34. The van der Waals surface area contributed by atoms with Crippen molar-refractivity contribution in [2.75, 3.05) is 0 Å². The van der Waals surface area contributed by atoms with E-state index in [0.717, 1.165) is 0 Å². The normalized spacial score (nSPS) is 33.0. The van der Waals surface area contributed by atoms with Crippen molar-refractivity contribution >= 4 is 0 Å². The van der Waals surface area contributed by atoms with E-state index in [0.29, 0.717) is 23.6 Å². The van der Waals surface area contributed by atoms with Crippen LogP contribution in [0.5, 0.6) is 0 Å². The number of halogens is 1. The first-order valence-corrected chi connectivity index (χ1v) is 6.10. The Morgan fingerprint density at radius 3 is 2.62 bits per heavy atom. The number of nitrogens with zero attached hydrogens (tertiary/aromatic N) is 1. The monoisotopic (exact) mass is 220 g/mol. The van der Waals surface area contributed by atoms with E-state index in [4.69, 9.17) is 0 Å². The fraction of sp³-hybridized carbons (Fsp3) is 0.615. The lowest BCUT2D eigenvalue weighted by molar-refractivity contribution is 0.362. The van der Waals surface area contributed by atoms with Crippen molar-refractivity contribution in [2.24, 2.45) is 0 Å². The fourth-order valence-electron chi connectivity index (χ4n) is 3.13. The van der Waals surface area contributed by atoms with Gasteiger partial charge in [-0.25, -0.2) is 4.98 Å². The highest BCUT2D eigenvalue weighted by molar-refractivity contribution is 5.23. The van der Waals surface area contributed by atoms with Crippen molar-refractivity contribution in [3.63, 3.8) is 0 Å². The molecule has 0 radical (unpaired) electrons. The smallest absolute Gasteiger partial charge is 0.215 e. The third-order valence-electron chi connectivity index (χ3n) is 3.98. The van der Waals surface area contributed by atoms with Gasteiger partial charge in [-0.3, -0.25) is 0 Å². The van der Waals surface area contributed by atoms with Gasteiger partial charge >= 0.3 is 0 Å². The SMILES string of the molecule is Cc1cc(C2C[C@H]3CC[C@@H](C2)N3)cnc1F. The van der Waals surface area contributed by atoms with Gasteiger partial charge in [0.25, 0.3) is 0 Å². The van der Waals surface area contributed by atoms with Crippen LogP contribution < -0.4 is 5.32 Å². The largest absolute Gasteiger partial charge is 0.311 e. The Labute approximate surface area is 95.3 Å². The van der Waals surface area contributed by atoms with Crippen LogP contribution in [0, 0.1) is 12.9 Å². The number of hydrogen-bond acceptors (Lipinski definition) is 2. The maximum Gasteiger partial charge on any atom is 0.215 e. The third-order valence-corrected chi connectivity index (χ3v) is 3.98. The van der Waals surface area contributed by atoms with Gasteiger partial charge < -0.3 is 5.32 Å². The first-order valence-electron chi connectivity index (χ1n) is 6.10. The fourth-order valence-corrected chi connectivity index (χ4v) is 3.13. The van der Waals surface area contributed by atoms with E-state index in [1.165, 1.54) is 31.2 Å². The van der Waals surface area contributed by atoms with Gasteiger partial charge in [0.15, 0.2) is 0 Å². The Bertz CT molecular complexity index is 393. The molecule has 3 rings (SSSR count). The van der Waals surface area contributed by atoms with Crippen LogP contribution in [0.3, 0.4) is 0 Å². The number of rotatable bonds is 1. The standard InChI is InChI=1S/C13H17FN2/c1-8-4-10(7-15-13(8)14)9-5-11-2-3-12(6-9)16-11/h4,7,9,11-12,16H,2-3,5-6H2,1H3/t9?,11-,12+. The molecule has 1 N–H and O–H groups in total. The van der Waals surface area contributed by atoms with Crippen molar-refractivity contribution in [3.8, 4) is 0 Å². The molecule has 2 bridgehead atoms.